The van der Waals surface area contributed by atoms with Crippen LogP contribution >= 0.6 is 11.3 Å². The number of hydrogen-bond acceptors (Lipinski definition) is 6. The van der Waals surface area contributed by atoms with Crippen molar-refractivity contribution in [2.45, 2.75) is 20.3 Å². The van der Waals surface area contributed by atoms with Gasteiger partial charge in [0.15, 0.2) is 5.78 Å². The van der Waals surface area contributed by atoms with Crippen LogP contribution < -0.4 is 10.6 Å². The van der Waals surface area contributed by atoms with Crippen LogP contribution in [0.1, 0.15) is 35.5 Å². The molecule has 0 bridgehead atoms. The average Bonchev–Trinajstić information content (AvgIpc) is 2.77. The molecule has 20 heavy (non-hydrogen) atoms. The number of rotatable bonds is 4. The minimum Gasteiger partial charge on any atom is -0.396 e. The van der Waals surface area contributed by atoms with Gasteiger partial charge >= 0.3 is 0 Å². The van der Waals surface area contributed by atoms with Crippen molar-refractivity contribution in [3.63, 3.8) is 0 Å². The van der Waals surface area contributed by atoms with Crippen LogP contribution in [0.2, 0.25) is 0 Å². The summed E-state index contributed by atoms with van der Waals surface area (Å²) in [4.78, 5) is 16.7. The van der Waals surface area contributed by atoms with Gasteiger partial charge in [-0.3, -0.25) is 9.69 Å². The summed E-state index contributed by atoms with van der Waals surface area (Å²) in [5, 5.41) is 10.1. The fourth-order valence-electron chi connectivity index (χ4n) is 2.51. The van der Waals surface area contributed by atoms with Gasteiger partial charge in [0.2, 0.25) is 0 Å². The summed E-state index contributed by atoms with van der Waals surface area (Å²) in [6.07, 6.45) is 1.16. The maximum atomic E-state index is 11.6. The van der Waals surface area contributed by atoms with E-state index in [0.717, 1.165) is 44.1 Å². The Morgan fingerprint density at radius 2 is 2.05 bits per heavy atom. The van der Waals surface area contributed by atoms with Crippen molar-refractivity contribution < 1.29 is 4.79 Å². The molecule has 1 aromatic rings. The topological polar surface area (TPSA) is 73.4 Å². The number of hydrogen-bond donors (Lipinski definition) is 1. The largest absolute Gasteiger partial charge is 0.396 e. The third kappa shape index (κ3) is 2.79. The molecule has 6 heteroatoms. The van der Waals surface area contributed by atoms with Crippen molar-refractivity contribution in [2.24, 2.45) is 0 Å². The Kier molecular flexibility index (Phi) is 4.63. The Balaban J connectivity index is 2.20. The minimum atomic E-state index is -0.0696. The van der Waals surface area contributed by atoms with Crippen LogP contribution in [0.15, 0.2) is 0 Å². The highest BCUT2D eigenvalue weighted by molar-refractivity contribution is 7.19. The quantitative estimate of drug-likeness (QED) is 0.858. The van der Waals surface area contributed by atoms with Crippen molar-refractivity contribution in [3.8, 4) is 6.07 Å². The van der Waals surface area contributed by atoms with E-state index in [0.29, 0.717) is 16.1 Å². The first-order valence-electron chi connectivity index (χ1n) is 6.89. The molecule has 1 aliphatic heterocycles. The van der Waals surface area contributed by atoms with E-state index in [4.69, 9.17) is 5.73 Å². The van der Waals surface area contributed by atoms with Crippen molar-refractivity contribution in [1.29, 1.82) is 5.26 Å². The molecule has 108 valence electrons. The van der Waals surface area contributed by atoms with Gasteiger partial charge in [-0.25, -0.2) is 0 Å². The van der Waals surface area contributed by atoms with Crippen molar-refractivity contribution >= 4 is 27.8 Å². The first-order valence-corrected chi connectivity index (χ1v) is 7.70. The summed E-state index contributed by atoms with van der Waals surface area (Å²) in [6, 6.07) is 2.15. The van der Waals surface area contributed by atoms with Gasteiger partial charge in [-0.05, 0) is 13.0 Å². The fourth-order valence-corrected chi connectivity index (χ4v) is 3.63. The van der Waals surface area contributed by atoms with Gasteiger partial charge in [0.1, 0.15) is 16.6 Å². The molecule has 0 spiro atoms. The van der Waals surface area contributed by atoms with Gasteiger partial charge in [-0.15, -0.1) is 11.3 Å². The number of Topliss-reactive ketones (excluding diaryl/α,β-unsaturated/α-hetero) is 1. The van der Waals surface area contributed by atoms with E-state index in [2.05, 4.69) is 22.8 Å². The highest BCUT2D eigenvalue weighted by Gasteiger charge is 2.25. The fraction of sp³-hybridized carbons (Fsp3) is 0.571. The third-order valence-corrected chi connectivity index (χ3v) is 4.92. The van der Waals surface area contributed by atoms with Crippen LogP contribution in [0.25, 0.3) is 0 Å². The molecule has 0 aromatic carbocycles. The molecule has 1 saturated heterocycles. The molecular formula is C14H20N4OS. The van der Waals surface area contributed by atoms with Crippen molar-refractivity contribution in [2.75, 3.05) is 43.4 Å². The number of carbonyl (C=O) groups is 1. The summed E-state index contributed by atoms with van der Waals surface area (Å²) in [6.45, 7) is 8.53. The van der Waals surface area contributed by atoms with E-state index in [1.54, 1.807) is 0 Å². The molecule has 1 fully saturated rings. The zero-order valence-corrected chi connectivity index (χ0v) is 12.8. The maximum absolute atomic E-state index is 11.6. The molecular weight excluding hydrogens is 272 g/mol. The molecule has 0 amide bonds. The summed E-state index contributed by atoms with van der Waals surface area (Å²) < 4.78 is 0. The second kappa shape index (κ2) is 6.25. The zero-order valence-electron chi connectivity index (χ0n) is 12.0. The molecule has 2 heterocycles. The van der Waals surface area contributed by atoms with Gasteiger partial charge < -0.3 is 10.6 Å². The minimum absolute atomic E-state index is 0.0696. The molecule has 1 aliphatic rings. The number of piperazine rings is 1. The number of nitrogens with zero attached hydrogens (tertiary/aromatic N) is 3. The smallest absolute Gasteiger partial charge is 0.171 e. The third-order valence-electron chi connectivity index (χ3n) is 3.56. The Hall–Kier alpha value is -1.58. The summed E-state index contributed by atoms with van der Waals surface area (Å²) in [5.74, 6) is -0.0696. The van der Waals surface area contributed by atoms with Crippen LogP contribution in [0, 0.1) is 11.3 Å². The second-order valence-electron chi connectivity index (χ2n) is 5.02. The number of anilines is 2. The van der Waals surface area contributed by atoms with E-state index in [-0.39, 0.29) is 5.78 Å². The van der Waals surface area contributed by atoms with E-state index in [1.165, 1.54) is 18.3 Å². The van der Waals surface area contributed by atoms with Crippen LogP contribution in [0.5, 0.6) is 0 Å². The summed E-state index contributed by atoms with van der Waals surface area (Å²) in [7, 11) is 0. The lowest BCUT2D eigenvalue weighted by atomic mass is 10.2. The standard InChI is InChI=1S/C14H20N4OS/c1-3-4-17-5-7-18(8-6-17)14-11(9-15)12(16)13(20-14)10(2)19/h3-8,16H2,1-2H3. The Labute approximate surface area is 123 Å². The molecule has 0 atom stereocenters. The predicted octanol–water partition coefficient (Wildman–Crippen LogP) is 1.94. The Morgan fingerprint density at radius 3 is 2.55 bits per heavy atom. The highest BCUT2D eigenvalue weighted by Crippen LogP contribution is 2.38. The normalized spacial score (nSPS) is 16.1. The van der Waals surface area contributed by atoms with Gasteiger partial charge in [0.05, 0.1) is 10.6 Å². The molecule has 0 aliphatic carbocycles. The molecule has 5 nitrogen and oxygen atoms in total. The lowest BCUT2D eigenvalue weighted by Crippen LogP contribution is -2.46. The van der Waals surface area contributed by atoms with Crippen molar-refractivity contribution in [1.82, 2.24) is 4.90 Å². The van der Waals surface area contributed by atoms with E-state index < -0.39 is 0 Å². The number of nitrogens with two attached hydrogens (primary N) is 1. The Bertz CT molecular complexity index is 538. The molecule has 0 radical (unpaired) electrons. The van der Waals surface area contributed by atoms with E-state index in [9.17, 15) is 10.1 Å². The highest BCUT2D eigenvalue weighted by atomic mass is 32.1. The van der Waals surface area contributed by atoms with Crippen LogP contribution in [-0.4, -0.2) is 43.4 Å². The average molecular weight is 292 g/mol. The Morgan fingerprint density at radius 1 is 1.40 bits per heavy atom. The SMILES string of the molecule is CCCN1CCN(c2sc(C(C)=O)c(N)c2C#N)CC1. The number of nitrogen functional groups attached to an aromatic ring is 1. The molecule has 0 saturated carbocycles. The molecule has 0 unspecified atom stereocenters. The van der Waals surface area contributed by atoms with Crippen LogP contribution in [0.3, 0.4) is 0 Å². The van der Waals surface area contributed by atoms with Gasteiger partial charge in [0, 0.05) is 33.1 Å². The zero-order chi connectivity index (χ0) is 14.7. The first kappa shape index (κ1) is 14.8. The van der Waals surface area contributed by atoms with E-state index >= 15 is 0 Å². The van der Waals surface area contributed by atoms with Crippen LogP contribution in [0.4, 0.5) is 10.7 Å². The van der Waals surface area contributed by atoms with Gasteiger partial charge in [-0.1, -0.05) is 6.92 Å². The van der Waals surface area contributed by atoms with Gasteiger partial charge in [-0.2, -0.15) is 5.26 Å². The number of nitriles is 1. The first-order chi connectivity index (χ1) is 9.58. The van der Waals surface area contributed by atoms with Crippen molar-refractivity contribution in [3.05, 3.63) is 10.4 Å². The van der Waals surface area contributed by atoms with E-state index in [1.807, 2.05) is 0 Å². The van der Waals surface area contributed by atoms with Gasteiger partial charge in [0.25, 0.3) is 0 Å². The number of thiophene rings is 1. The lowest BCUT2D eigenvalue weighted by molar-refractivity contribution is 0.102. The predicted molar refractivity (Wildman–Crippen MR) is 82.4 cm³/mol. The summed E-state index contributed by atoms with van der Waals surface area (Å²) >= 11 is 1.35. The molecule has 2 N–H and O–H groups in total. The second-order valence-corrected chi connectivity index (χ2v) is 6.02. The monoisotopic (exact) mass is 292 g/mol. The molecule has 1 aromatic heterocycles. The number of ketones is 1. The maximum Gasteiger partial charge on any atom is 0.171 e. The molecule has 2 rings (SSSR count). The summed E-state index contributed by atoms with van der Waals surface area (Å²) in [5.41, 5.74) is 6.73. The number of carbonyl (C=O) groups excluding carboxylic acids is 1. The lowest BCUT2D eigenvalue weighted by Gasteiger charge is -2.35. The van der Waals surface area contributed by atoms with Crippen LogP contribution in [-0.2, 0) is 0 Å².